The lowest BCUT2D eigenvalue weighted by Crippen LogP contribution is -1.98. The number of nitrogens with zero attached hydrogens (tertiary/aromatic N) is 2. The Kier molecular flexibility index (Phi) is 5.54. The summed E-state index contributed by atoms with van der Waals surface area (Å²) in [5.74, 6) is 0. The molecule has 1 aliphatic carbocycles. The minimum atomic E-state index is 0.679. The van der Waals surface area contributed by atoms with Gasteiger partial charge >= 0.3 is 0 Å². The summed E-state index contributed by atoms with van der Waals surface area (Å²) in [4.78, 5) is 4.80. The standard InChI is InChI=1S/C12H18N2O/c1-15-14-12-9-6-8-11(12)7-4-2-3-5-10-13/h8H,2-7,9H2,1H3. The van der Waals surface area contributed by atoms with Crippen LogP contribution in [0.25, 0.3) is 0 Å². The van der Waals surface area contributed by atoms with Gasteiger partial charge in [-0.1, -0.05) is 17.7 Å². The number of nitriles is 1. The second-order valence-electron chi connectivity index (χ2n) is 3.71. The molecule has 0 saturated heterocycles. The fraction of sp³-hybridized carbons (Fsp3) is 0.667. The Balaban J connectivity index is 2.21. The van der Waals surface area contributed by atoms with Gasteiger partial charge in [0, 0.05) is 6.42 Å². The van der Waals surface area contributed by atoms with Crippen LogP contribution in [-0.2, 0) is 4.84 Å². The lowest BCUT2D eigenvalue weighted by Gasteiger charge is -2.03. The fourth-order valence-electron chi connectivity index (χ4n) is 1.82. The molecule has 0 radical (unpaired) electrons. The quantitative estimate of drug-likeness (QED) is 0.495. The lowest BCUT2D eigenvalue weighted by atomic mass is 10.1. The zero-order valence-electron chi connectivity index (χ0n) is 9.33. The van der Waals surface area contributed by atoms with Gasteiger partial charge in [0.1, 0.15) is 7.11 Å². The molecule has 0 bridgehead atoms. The highest BCUT2D eigenvalue weighted by atomic mass is 16.6. The normalized spacial score (nSPS) is 17.6. The minimum absolute atomic E-state index is 0.679. The van der Waals surface area contributed by atoms with Crippen LogP contribution in [0.1, 0.15) is 44.9 Å². The van der Waals surface area contributed by atoms with Gasteiger partial charge in [0.05, 0.1) is 11.8 Å². The maximum atomic E-state index is 8.39. The molecule has 0 aromatic carbocycles. The summed E-state index contributed by atoms with van der Waals surface area (Å²) in [7, 11) is 1.59. The molecule has 15 heavy (non-hydrogen) atoms. The van der Waals surface area contributed by atoms with Crippen molar-refractivity contribution in [1.82, 2.24) is 0 Å². The Hall–Kier alpha value is -1.30. The van der Waals surface area contributed by atoms with E-state index in [4.69, 9.17) is 10.1 Å². The van der Waals surface area contributed by atoms with E-state index in [1.807, 2.05) is 0 Å². The van der Waals surface area contributed by atoms with E-state index in [0.29, 0.717) is 6.42 Å². The number of oxime groups is 1. The first-order valence-corrected chi connectivity index (χ1v) is 5.55. The Bertz CT molecular complexity index is 286. The molecule has 1 aliphatic rings. The highest BCUT2D eigenvalue weighted by Gasteiger charge is 2.13. The van der Waals surface area contributed by atoms with E-state index in [2.05, 4.69) is 17.3 Å². The molecule has 3 heteroatoms. The summed E-state index contributed by atoms with van der Waals surface area (Å²) in [6, 6.07) is 2.17. The summed E-state index contributed by atoms with van der Waals surface area (Å²) < 4.78 is 0. The predicted octanol–water partition coefficient (Wildman–Crippen LogP) is 3.18. The van der Waals surface area contributed by atoms with Crippen LogP contribution in [0.3, 0.4) is 0 Å². The zero-order valence-corrected chi connectivity index (χ0v) is 9.33. The van der Waals surface area contributed by atoms with Crippen LogP contribution < -0.4 is 0 Å². The van der Waals surface area contributed by atoms with E-state index in [1.165, 1.54) is 5.57 Å². The third-order valence-corrected chi connectivity index (χ3v) is 2.58. The number of unbranched alkanes of at least 4 members (excludes halogenated alkanes) is 3. The topological polar surface area (TPSA) is 45.4 Å². The number of rotatable bonds is 6. The first-order valence-electron chi connectivity index (χ1n) is 5.55. The van der Waals surface area contributed by atoms with Gasteiger partial charge in [-0.3, -0.25) is 0 Å². The van der Waals surface area contributed by atoms with Crippen molar-refractivity contribution in [3.8, 4) is 6.07 Å². The van der Waals surface area contributed by atoms with Crippen molar-refractivity contribution in [3.63, 3.8) is 0 Å². The largest absolute Gasteiger partial charge is 0.399 e. The fourth-order valence-corrected chi connectivity index (χ4v) is 1.82. The van der Waals surface area contributed by atoms with E-state index >= 15 is 0 Å². The van der Waals surface area contributed by atoms with Gasteiger partial charge in [-0.2, -0.15) is 5.26 Å². The molecule has 0 amide bonds. The van der Waals surface area contributed by atoms with Crippen LogP contribution in [0.4, 0.5) is 0 Å². The van der Waals surface area contributed by atoms with Crippen LogP contribution in [-0.4, -0.2) is 12.8 Å². The second kappa shape index (κ2) is 7.05. The van der Waals surface area contributed by atoms with Gasteiger partial charge in [0.2, 0.25) is 0 Å². The van der Waals surface area contributed by atoms with Crippen molar-refractivity contribution in [1.29, 1.82) is 5.26 Å². The minimum Gasteiger partial charge on any atom is -0.399 e. The average Bonchev–Trinajstić information content (AvgIpc) is 2.66. The van der Waals surface area contributed by atoms with Crippen molar-refractivity contribution in [2.24, 2.45) is 5.16 Å². The molecule has 0 atom stereocenters. The van der Waals surface area contributed by atoms with Crippen molar-refractivity contribution >= 4 is 5.71 Å². The van der Waals surface area contributed by atoms with Crippen LogP contribution >= 0.6 is 0 Å². The lowest BCUT2D eigenvalue weighted by molar-refractivity contribution is 0.213. The molecule has 0 fully saturated rings. The predicted molar refractivity (Wildman–Crippen MR) is 60.5 cm³/mol. The molecule has 0 aromatic rings. The third kappa shape index (κ3) is 4.16. The summed E-state index contributed by atoms with van der Waals surface area (Å²) in [6.45, 7) is 0. The van der Waals surface area contributed by atoms with Gasteiger partial charge < -0.3 is 4.84 Å². The zero-order chi connectivity index (χ0) is 10.9. The molecule has 3 nitrogen and oxygen atoms in total. The van der Waals surface area contributed by atoms with Crippen molar-refractivity contribution < 1.29 is 4.84 Å². The molecule has 0 N–H and O–H groups in total. The number of hydrogen-bond donors (Lipinski definition) is 0. The smallest absolute Gasteiger partial charge is 0.106 e. The summed E-state index contributed by atoms with van der Waals surface area (Å²) in [5.41, 5.74) is 2.45. The Morgan fingerprint density at radius 1 is 1.47 bits per heavy atom. The maximum Gasteiger partial charge on any atom is 0.106 e. The van der Waals surface area contributed by atoms with Gasteiger partial charge in [0.25, 0.3) is 0 Å². The molecular formula is C12H18N2O. The van der Waals surface area contributed by atoms with Gasteiger partial charge in [0.15, 0.2) is 0 Å². The van der Waals surface area contributed by atoms with E-state index in [1.54, 1.807) is 7.11 Å². The summed E-state index contributed by atoms with van der Waals surface area (Å²) in [5, 5.41) is 12.4. The number of hydrogen-bond acceptors (Lipinski definition) is 3. The molecule has 0 spiro atoms. The molecular weight excluding hydrogens is 188 g/mol. The van der Waals surface area contributed by atoms with Crippen molar-refractivity contribution in [2.75, 3.05) is 7.11 Å². The van der Waals surface area contributed by atoms with Crippen molar-refractivity contribution in [2.45, 2.75) is 44.9 Å². The Labute approximate surface area is 91.4 Å². The Morgan fingerprint density at radius 3 is 3.07 bits per heavy atom. The molecule has 1 rings (SSSR count). The van der Waals surface area contributed by atoms with Crippen LogP contribution in [0.5, 0.6) is 0 Å². The van der Waals surface area contributed by atoms with Crippen molar-refractivity contribution in [3.05, 3.63) is 11.6 Å². The maximum absolute atomic E-state index is 8.39. The van der Waals surface area contributed by atoms with Gasteiger partial charge in [-0.05, 0) is 37.7 Å². The highest BCUT2D eigenvalue weighted by Crippen LogP contribution is 2.21. The first kappa shape index (κ1) is 11.8. The first-order chi connectivity index (χ1) is 7.38. The Morgan fingerprint density at radius 2 is 2.33 bits per heavy atom. The molecule has 0 heterocycles. The summed E-state index contributed by atoms with van der Waals surface area (Å²) >= 11 is 0. The monoisotopic (exact) mass is 206 g/mol. The van der Waals surface area contributed by atoms with E-state index in [9.17, 15) is 0 Å². The molecule has 0 aliphatic heterocycles. The number of allylic oxidation sites excluding steroid dienone is 2. The van der Waals surface area contributed by atoms with E-state index in [-0.39, 0.29) is 0 Å². The van der Waals surface area contributed by atoms with Gasteiger partial charge in [-0.15, -0.1) is 0 Å². The van der Waals surface area contributed by atoms with Crippen LogP contribution in [0, 0.1) is 11.3 Å². The molecule has 0 aromatic heterocycles. The van der Waals surface area contributed by atoms with Crippen LogP contribution in [0.15, 0.2) is 16.8 Å². The third-order valence-electron chi connectivity index (χ3n) is 2.58. The van der Waals surface area contributed by atoms with Crippen LogP contribution in [0.2, 0.25) is 0 Å². The van der Waals surface area contributed by atoms with E-state index in [0.717, 1.165) is 44.2 Å². The van der Waals surface area contributed by atoms with E-state index < -0.39 is 0 Å². The average molecular weight is 206 g/mol. The SMILES string of the molecule is CON=C1CCC=C1CCCCCC#N. The second-order valence-corrected chi connectivity index (χ2v) is 3.71. The summed E-state index contributed by atoms with van der Waals surface area (Å²) in [6.07, 6.45) is 9.41. The van der Waals surface area contributed by atoms with Gasteiger partial charge in [-0.25, -0.2) is 0 Å². The highest BCUT2D eigenvalue weighted by molar-refractivity contribution is 6.01. The molecule has 0 unspecified atom stereocenters. The molecule has 0 saturated carbocycles. The molecule has 82 valence electrons.